The van der Waals surface area contributed by atoms with Gasteiger partial charge in [-0.05, 0) is 40.9 Å². The van der Waals surface area contributed by atoms with Crippen LogP contribution in [0.25, 0.3) is 0 Å². The fourth-order valence-electron chi connectivity index (χ4n) is 1.91. The molecule has 0 aliphatic heterocycles. The summed E-state index contributed by atoms with van der Waals surface area (Å²) < 4.78 is 3.49. The molecule has 1 N–H and O–H groups in total. The van der Waals surface area contributed by atoms with Crippen molar-refractivity contribution < 1.29 is 0 Å². The number of nitrogens with one attached hydrogen (secondary N) is 1. The van der Waals surface area contributed by atoms with E-state index in [1.165, 1.54) is 27.2 Å². The molecule has 17 heavy (non-hydrogen) atoms. The maximum atomic E-state index is 4.23. The van der Waals surface area contributed by atoms with Crippen LogP contribution >= 0.6 is 27.3 Å². The molecule has 1 aliphatic carbocycles. The molecule has 2 aromatic heterocycles. The fraction of sp³-hybridized carbons (Fsp3) is 0.417. The molecule has 0 spiro atoms. The van der Waals surface area contributed by atoms with Gasteiger partial charge in [-0.25, -0.2) is 4.98 Å². The van der Waals surface area contributed by atoms with E-state index in [0.717, 1.165) is 13.1 Å². The van der Waals surface area contributed by atoms with Gasteiger partial charge < -0.3 is 9.88 Å². The Morgan fingerprint density at radius 3 is 3.00 bits per heavy atom. The maximum absolute atomic E-state index is 4.23. The maximum Gasteiger partial charge on any atom is 0.0951 e. The predicted octanol–water partition coefficient (Wildman–Crippen LogP) is 3.33. The van der Waals surface area contributed by atoms with Gasteiger partial charge in [-0.15, -0.1) is 11.3 Å². The first-order chi connectivity index (χ1) is 8.33. The van der Waals surface area contributed by atoms with Crippen molar-refractivity contribution in [1.29, 1.82) is 0 Å². The fourth-order valence-corrected chi connectivity index (χ4v) is 3.36. The van der Waals surface area contributed by atoms with E-state index in [2.05, 4.69) is 42.9 Å². The van der Waals surface area contributed by atoms with Crippen molar-refractivity contribution in [2.75, 3.05) is 0 Å². The summed E-state index contributed by atoms with van der Waals surface area (Å²) in [6.45, 7) is 1.82. The van der Waals surface area contributed by atoms with Gasteiger partial charge in [0.05, 0.1) is 15.8 Å². The van der Waals surface area contributed by atoms with Crippen molar-refractivity contribution in [1.82, 2.24) is 14.9 Å². The number of nitrogens with zero attached hydrogens (tertiary/aromatic N) is 2. The first kappa shape index (κ1) is 11.4. The molecule has 90 valence electrons. The van der Waals surface area contributed by atoms with E-state index >= 15 is 0 Å². The molecule has 3 rings (SSSR count). The van der Waals surface area contributed by atoms with Gasteiger partial charge in [-0.3, -0.25) is 0 Å². The average Bonchev–Trinajstić information content (AvgIpc) is 2.92. The Kier molecular flexibility index (Phi) is 3.31. The molecule has 1 aliphatic rings. The van der Waals surface area contributed by atoms with Crippen LogP contribution in [0.15, 0.2) is 28.4 Å². The first-order valence-corrected chi connectivity index (χ1v) is 7.39. The molecular formula is C12H14BrN3S. The SMILES string of the molecule is Brc1ccc(CNCc2cncn2C2CC2)s1. The average molecular weight is 312 g/mol. The third-order valence-electron chi connectivity index (χ3n) is 2.92. The zero-order valence-electron chi connectivity index (χ0n) is 9.40. The van der Waals surface area contributed by atoms with Gasteiger partial charge in [0.1, 0.15) is 0 Å². The Morgan fingerprint density at radius 1 is 1.41 bits per heavy atom. The molecule has 0 aromatic carbocycles. The van der Waals surface area contributed by atoms with Crippen molar-refractivity contribution in [3.8, 4) is 0 Å². The van der Waals surface area contributed by atoms with Gasteiger partial charge in [0, 0.05) is 30.2 Å². The number of hydrogen-bond acceptors (Lipinski definition) is 3. The lowest BCUT2D eigenvalue weighted by Crippen LogP contribution is -2.14. The highest BCUT2D eigenvalue weighted by Gasteiger charge is 2.24. The van der Waals surface area contributed by atoms with E-state index in [0.29, 0.717) is 6.04 Å². The van der Waals surface area contributed by atoms with Crippen molar-refractivity contribution >= 4 is 27.3 Å². The van der Waals surface area contributed by atoms with Crippen molar-refractivity contribution in [3.63, 3.8) is 0 Å². The minimum atomic E-state index is 0.713. The second kappa shape index (κ2) is 4.92. The molecule has 5 heteroatoms. The minimum Gasteiger partial charge on any atom is -0.330 e. The molecule has 0 atom stereocenters. The standard InChI is InChI=1S/C12H14BrN3S/c13-12-4-3-11(17-12)7-14-5-10-6-15-8-16(10)9-1-2-9/h3-4,6,8-9,14H,1-2,5,7H2. The molecule has 2 heterocycles. The van der Waals surface area contributed by atoms with Crippen LogP contribution in [0.5, 0.6) is 0 Å². The normalized spacial score (nSPS) is 15.4. The molecule has 2 aromatic rings. The van der Waals surface area contributed by atoms with Crippen molar-refractivity contribution in [2.45, 2.75) is 32.0 Å². The van der Waals surface area contributed by atoms with E-state index in [9.17, 15) is 0 Å². The molecule has 3 nitrogen and oxygen atoms in total. The molecule has 1 saturated carbocycles. The van der Waals surface area contributed by atoms with E-state index in [4.69, 9.17) is 0 Å². The third-order valence-corrected chi connectivity index (χ3v) is 4.54. The van der Waals surface area contributed by atoms with Crippen LogP contribution in [0.3, 0.4) is 0 Å². The van der Waals surface area contributed by atoms with E-state index in [-0.39, 0.29) is 0 Å². The minimum absolute atomic E-state index is 0.713. The molecule has 1 fully saturated rings. The Balaban J connectivity index is 1.55. The van der Waals surface area contributed by atoms with Crippen LogP contribution in [0.4, 0.5) is 0 Å². The summed E-state index contributed by atoms with van der Waals surface area (Å²) >= 11 is 5.26. The second-order valence-corrected chi connectivity index (χ2v) is 6.88. The van der Waals surface area contributed by atoms with Crippen LogP contribution in [0.1, 0.15) is 29.5 Å². The summed E-state index contributed by atoms with van der Waals surface area (Å²) in [5, 5.41) is 3.47. The highest BCUT2D eigenvalue weighted by molar-refractivity contribution is 9.11. The van der Waals surface area contributed by atoms with Crippen molar-refractivity contribution in [3.05, 3.63) is 39.0 Å². The quantitative estimate of drug-likeness (QED) is 0.918. The Labute approximate surface area is 113 Å². The van der Waals surface area contributed by atoms with Crippen LogP contribution < -0.4 is 5.32 Å². The number of hydrogen-bond donors (Lipinski definition) is 1. The van der Waals surface area contributed by atoms with Gasteiger partial charge >= 0.3 is 0 Å². The van der Waals surface area contributed by atoms with Crippen LogP contribution in [-0.2, 0) is 13.1 Å². The third kappa shape index (κ3) is 2.78. The summed E-state index contributed by atoms with van der Waals surface area (Å²) in [6.07, 6.45) is 6.54. The number of halogens is 1. The topological polar surface area (TPSA) is 29.9 Å². The number of aromatic nitrogens is 2. The van der Waals surface area contributed by atoms with Gasteiger partial charge in [-0.1, -0.05) is 0 Å². The summed E-state index contributed by atoms with van der Waals surface area (Å²) in [5.74, 6) is 0. The van der Waals surface area contributed by atoms with Crippen LogP contribution in [0, 0.1) is 0 Å². The largest absolute Gasteiger partial charge is 0.330 e. The summed E-state index contributed by atoms with van der Waals surface area (Å²) in [4.78, 5) is 5.59. The number of rotatable bonds is 5. The van der Waals surface area contributed by atoms with E-state index in [1.54, 1.807) is 11.3 Å². The zero-order valence-corrected chi connectivity index (χ0v) is 11.8. The lowest BCUT2D eigenvalue weighted by molar-refractivity contribution is 0.624. The lowest BCUT2D eigenvalue weighted by atomic mass is 10.4. The molecular weight excluding hydrogens is 298 g/mol. The zero-order chi connectivity index (χ0) is 11.7. The Hall–Kier alpha value is -0.650. The molecule has 0 unspecified atom stereocenters. The summed E-state index contributed by atoms with van der Waals surface area (Å²) in [6, 6.07) is 4.96. The highest BCUT2D eigenvalue weighted by atomic mass is 79.9. The van der Waals surface area contributed by atoms with Crippen LogP contribution in [-0.4, -0.2) is 9.55 Å². The number of thiophene rings is 1. The van der Waals surface area contributed by atoms with Gasteiger partial charge in [0.2, 0.25) is 0 Å². The molecule has 0 radical (unpaired) electrons. The molecule has 0 amide bonds. The summed E-state index contributed by atoms with van der Waals surface area (Å²) in [7, 11) is 0. The van der Waals surface area contributed by atoms with E-state index < -0.39 is 0 Å². The smallest absolute Gasteiger partial charge is 0.0951 e. The monoisotopic (exact) mass is 311 g/mol. The highest BCUT2D eigenvalue weighted by Crippen LogP contribution is 2.35. The van der Waals surface area contributed by atoms with Gasteiger partial charge in [0.15, 0.2) is 0 Å². The predicted molar refractivity (Wildman–Crippen MR) is 73.1 cm³/mol. The Morgan fingerprint density at radius 2 is 2.29 bits per heavy atom. The Bertz CT molecular complexity index is 501. The molecule has 0 saturated heterocycles. The van der Waals surface area contributed by atoms with Gasteiger partial charge in [-0.2, -0.15) is 0 Å². The van der Waals surface area contributed by atoms with Crippen molar-refractivity contribution in [2.24, 2.45) is 0 Å². The lowest BCUT2D eigenvalue weighted by Gasteiger charge is -2.07. The van der Waals surface area contributed by atoms with E-state index in [1.807, 2.05) is 12.5 Å². The number of imidazole rings is 1. The van der Waals surface area contributed by atoms with Crippen LogP contribution in [0.2, 0.25) is 0 Å². The molecule has 0 bridgehead atoms. The first-order valence-electron chi connectivity index (χ1n) is 5.78. The van der Waals surface area contributed by atoms with Gasteiger partial charge in [0.25, 0.3) is 0 Å². The summed E-state index contributed by atoms with van der Waals surface area (Å²) in [5.41, 5.74) is 1.29. The second-order valence-electron chi connectivity index (χ2n) is 4.33.